The Kier molecular flexibility index (Phi) is 5.04. The molecule has 0 aliphatic rings. The largest absolute Gasteiger partial charge is 0.493 e. The zero-order valence-electron chi connectivity index (χ0n) is 11.4. The van der Waals surface area contributed by atoms with Gasteiger partial charge < -0.3 is 14.6 Å². The lowest BCUT2D eigenvalue weighted by Gasteiger charge is -2.15. The van der Waals surface area contributed by atoms with Crippen LogP contribution in [0.15, 0.2) is 42.5 Å². The highest BCUT2D eigenvalue weighted by Crippen LogP contribution is 2.29. The van der Waals surface area contributed by atoms with Crippen molar-refractivity contribution in [1.82, 2.24) is 0 Å². The molecule has 0 aliphatic heterocycles. The fraction of sp³-hybridized carbons (Fsp3) is 0.188. The van der Waals surface area contributed by atoms with Crippen molar-refractivity contribution in [2.24, 2.45) is 0 Å². The summed E-state index contributed by atoms with van der Waals surface area (Å²) in [4.78, 5) is 0. The molecule has 0 bridgehead atoms. The van der Waals surface area contributed by atoms with Crippen LogP contribution >= 0.6 is 11.6 Å². The number of nitriles is 1. The lowest BCUT2D eigenvalue weighted by atomic mass is 10.1. The first-order valence-electron chi connectivity index (χ1n) is 6.29. The Balaban J connectivity index is 2.10. The molecule has 4 nitrogen and oxygen atoms in total. The van der Waals surface area contributed by atoms with Crippen LogP contribution in [-0.4, -0.2) is 18.8 Å². The predicted molar refractivity (Wildman–Crippen MR) is 79.6 cm³/mol. The Morgan fingerprint density at radius 1 is 1.24 bits per heavy atom. The highest BCUT2D eigenvalue weighted by atomic mass is 35.5. The first-order chi connectivity index (χ1) is 10.2. The summed E-state index contributed by atoms with van der Waals surface area (Å²) in [6, 6.07) is 13.9. The van der Waals surface area contributed by atoms with Gasteiger partial charge in [-0.15, -0.1) is 0 Å². The smallest absolute Gasteiger partial charge is 0.162 e. The minimum absolute atomic E-state index is 0.0337. The van der Waals surface area contributed by atoms with E-state index >= 15 is 0 Å². The molecule has 0 aliphatic carbocycles. The quantitative estimate of drug-likeness (QED) is 0.920. The molecule has 5 heteroatoms. The summed E-state index contributed by atoms with van der Waals surface area (Å²) in [5.74, 6) is 0.906. The van der Waals surface area contributed by atoms with Crippen molar-refractivity contribution in [3.63, 3.8) is 0 Å². The maximum absolute atomic E-state index is 10.1. The first-order valence-corrected chi connectivity index (χ1v) is 6.67. The van der Waals surface area contributed by atoms with Gasteiger partial charge in [-0.1, -0.05) is 29.8 Å². The number of nitrogens with zero attached hydrogens (tertiary/aromatic N) is 1. The maximum Gasteiger partial charge on any atom is 0.162 e. The van der Waals surface area contributed by atoms with Gasteiger partial charge in [0.1, 0.15) is 12.7 Å². The maximum atomic E-state index is 10.1. The number of hydrogen-bond donors (Lipinski definition) is 1. The Bertz CT molecular complexity index is 667. The molecule has 0 amide bonds. The molecule has 1 N–H and O–H groups in total. The molecule has 0 radical (unpaired) electrons. The molecule has 0 saturated heterocycles. The second-order valence-corrected chi connectivity index (χ2v) is 4.73. The van der Waals surface area contributed by atoms with Crippen LogP contribution in [0.1, 0.15) is 17.2 Å². The summed E-state index contributed by atoms with van der Waals surface area (Å²) in [5, 5.41) is 19.5. The molecular formula is C16H14ClNO3. The summed E-state index contributed by atoms with van der Waals surface area (Å²) in [7, 11) is 1.49. The van der Waals surface area contributed by atoms with E-state index in [1.165, 1.54) is 7.11 Å². The van der Waals surface area contributed by atoms with Gasteiger partial charge in [-0.2, -0.15) is 5.26 Å². The van der Waals surface area contributed by atoms with Crippen molar-refractivity contribution in [3.8, 4) is 17.6 Å². The SMILES string of the molecule is COc1cc(C#N)ccc1OC[C@H](O)c1ccccc1Cl. The summed E-state index contributed by atoms with van der Waals surface area (Å²) in [6.45, 7) is 0.0337. The van der Waals surface area contributed by atoms with Gasteiger partial charge in [-0.3, -0.25) is 0 Å². The van der Waals surface area contributed by atoms with Crippen LogP contribution in [-0.2, 0) is 0 Å². The Labute approximate surface area is 128 Å². The van der Waals surface area contributed by atoms with Gasteiger partial charge in [0, 0.05) is 16.7 Å². The molecule has 0 spiro atoms. The van der Waals surface area contributed by atoms with Gasteiger partial charge >= 0.3 is 0 Å². The number of methoxy groups -OCH3 is 1. The van der Waals surface area contributed by atoms with Crippen molar-refractivity contribution in [1.29, 1.82) is 5.26 Å². The highest BCUT2D eigenvalue weighted by molar-refractivity contribution is 6.31. The molecule has 2 rings (SSSR count). The third kappa shape index (κ3) is 3.66. The number of halogens is 1. The van der Waals surface area contributed by atoms with E-state index in [0.717, 1.165) is 0 Å². The minimum atomic E-state index is -0.848. The number of hydrogen-bond acceptors (Lipinski definition) is 4. The van der Waals surface area contributed by atoms with Crippen molar-refractivity contribution in [2.75, 3.05) is 13.7 Å². The van der Waals surface area contributed by atoms with Gasteiger partial charge in [-0.05, 0) is 18.2 Å². The van der Waals surface area contributed by atoms with Gasteiger partial charge in [-0.25, -0.2) is 0 Å². The predicted octanol–water partition coefficient (Wildman–Crippen LogP) is 3.33. The van der Waals surface area contributed by atoms with Crippen LogP contribution in [0.5, 0.6) is 11.5 Å². The second kappa shape index (κ2) is 6.98. The van der Waals surface area contributed by atoms with Crippen molar-refractivity contribution < 1.29 is 14.6 Å². The summed E-state index contributed by atoms with van der Waals surface area (Å²) in [5.41, 5.74) is 1.08. The van der Waals surface area contributed by atoms with Crippen molar-refractivity contribution in [3.05, 3.63) is 58.6 Å². The lowest BCUT2D eigenvalue weighted by Crippen LogP contribution is -2.10. The number of aliphatic hydroxyl groups excluding tert-OH is 1. The molecule has 0 aromatic heterocycles. The number of rotatable bonds is 5. The van der Waals surface area contributed by atoms with Crippen molar-refractivity contribution >= 4 is 11.6 Å². The zero-order valence-corrected chi connectivity index (χ0v) is 12.2. The van der Waals surface area contributed by atoms with E-state index in [1.807, 2.05) is 6.07 Å². The molecule has 0 heterocycles. The topological polar surface area (TPSA) is 62.5 Å². The number of benzene rings is 2. The molecule has 0 unspecified atom stereocenters. The van der Waals surface area contributed by atoms with E-state index in [9.17, 15) is 5.11 Å². The van der Waals surface area contributed by atoms with Crippen LogP contribution in [0.25, 0.3) is 0 Å². The fourth-order valence-corrected chi connectivity index (χ4v) is 2.12. The third-order valence-corrected chi connectivity index (χ3v) is 3.30. The zero-order chi connectivity index (χ0) is 15.2. The van der Waals surface area contributed by atoms with E-state index < -0.39 is 6.10 Å². The monoisotopic (exact) mass is 303 g/mol. The van der Waals surface area contributed by atoms with Crippen LogP contribution in [0, 0.1) is 11.3 Å². The van der Waals surface area contributed by atoms with Gasteiger partial charge in [0.15, 0.2) is 11.5 Å². The highest BCUT2D eigenvalue weighted by Gasteiger charge is 2.13. The van der Waals surface area contributed by atoms with E-state index in [0.29, 0.717) is 27.6 Å². The lowest BCUT2D eigenvalue weighted by molar-refractivity contribution is 0.106. The molecule has 2 aromatic carbocycles. The Hall–Kier alpha value is -2.22. The van der Waals surface area contributed by atoms with Crippen LogP contribution in [0.3, 0.4) is 0 Å². The number of aliphatic hydroxyl groups is 1. The normalized spacial score (nSPS) is 11.5. The average molecular weight is 304 g/mol. The van der Waals surface area contributed by atoms with E-state index in [4.69, 9.17) is 26.3 Å². The molecule has 108 valence electrons. The molecule has 1 atom stereocenters. The van der Waals surface area contributed by atoms with Gasteiger partial charge in [0.25, 0.3) is 0 Å². The summed E-state index contributed by atoms with van der Waals surface area (Å²) in [6.07, 6.45) is -0.848. The van der Waals surface area contributed by atoms with E-state index in [-0.39, 0.29) is 6.61 Å². The molecule has 0 saturated carbocycles. The summed E-state index contributed by atoms with van der Waals surface area (Å²) >= 11 is 6.02. The average Bonchev–Trinajstić information content (AvgIpc) is 2.52. The second-order valence-electron chi connectivity index (χ2n) is 4.33. The molecule has 0 fully saturated rings. The fourth-order valence-electron chi connectivity index (χ4n) is 1.86. The minimum Gasteiger partial charge on any atom is -0.493 e. The van der Waals surface area contributed by atoms with Crippen LogP contribution < -0.4 is 9.47 Å². The Morgan fingerprint density at radius 3 is 2.67 bits per heavy atom. The first kappa shape index (κ1) is 15.2. The molecule has 21 heavy (non-hydrogen) atoms. The third-order valence-electron chi connectivity index (χ3n) is 2.95. The Morgan fingerprint density at radius 2 is 2.00 bits per heavy atom. The molecule has 2 aromatic rings. The van der Waals surface area contributed by atoms with Gasteiger partial charge in [0.05, 0.1) is 18.7 Å². The van der Waals surface area contributed by atoms with Crippen LogP contribution in [0.2, 0.25) is 5.02 Å². The van der Waals surface area contributed by atoms with Crippen molar-refractivity contribution in [2.45, 2.75) is 6.10 Å². The van der Waals surface area contributed by atoms with E-state index in [1.54, 1.807) is 42.5 Å². The summed E-state index contributed by atoms with van der Waals surface area (Å²) < 4.78 is 10.7. The molecular weight excluding hydrogens is 290 g/mol. The van der Waals surface area contributed by atoms with Gasteiger partial charge in [0.2, 0.25) is 0 Å². The van der Waals surface area contributed by atoms with E-state index in [2.05, 4.69) is 0 Å². The standard InChI is InChI=1S/C16H14ClNO3/c1-20-16-8-11(9-18)6-7-15(16)21-10-14(19)12-4-2-3-5-13(12)17/h2-8,14,19H,10H2,1H3/t14-/m0/s1. The number of ether oxygens (including phenoxy) is 2. The van der Waals surface area contributed by atoms with Crippen LogP contribution in [0.4, 0.5) is 0 Å².